The summed E-state index contributed by atoms with van der Waals surface area (Å²) in [6, 6.07) is 6.47. The van der Waals surface area contributed by atoms with E-state index in [2.05, 4.69) is 19.2 Å². The third-order valence-electron chi connectivity index (χ3n) is 3.81. The van der Waals surface area contributed by atoms with Gasteiger partial charge in [-0.3, -0.25) is 10.1 Å². The van der Waals surface area contributed by atoms with Crippen LogP contribution in [0.4, 0.5) is 4.39 Å². The Balaban J connectivity index is 2.29. The third kappa shape index (κ3) is 3.58. The largest absolute Gasteiger partial charge is 0.318 e. The summed E-state index contributed by atoms with van der Waals surface area (Å²) in [6.45, 7) is 4.12. The lowest BCUT2D eigenvalue weighted by molar-refractivity contribution is -0.131. The molecule has 1 aliphatic heterocycles. The Labute approximate surface area is 130 Å². The van der Waals surface area contributed by atoms with Crippen LogP contribution in [-0.4, -0.2) is 34.9 Å². The monoisotopic (exact) mass is 310 g/mol. The molecule has 0 aliphatic carbocycles. The van der Waals surface area contributed by atoms with Crippen molar-refractivity contribution in [3.05, 3.63) is 35.6 Å². The van der Waals surface area contributed by atoms with Crippen molar-refractivity contribution >= 4 is 17.7 Å². The summed E-state index contributed by atoms with van der Waals surface area (Å²) < 4.78 is 13.5. The highest BCUT2D eigenvalue weighted by atomic mass is 32.2. The third-order valence-corrected chi connectivity index (χ3v) is 4.63. The number of carbonyl (C=O) groups is 1. The first-order valence-electron chi connectivity index (χ1n) is 7.41. The number of nitrogens with one attached hydrogen (secondary N) is 1. The minimum absolute atomic E-state index is 0.120. The Bertz CT molecular complexity index is 497. The summed E-state index contributed by atoms with van der Waals surface area (Å²) in [4.78, 5) is 14.5. The zero-order valence-electron chi connectivity index (χ0n) is 12.8. The van der Waals surface area contributed by atoms with E-state index in [0.29, 0.717) is 0 Å². The molecule has 3 nitrogen and oxygen atoms in total. The van der Waals surface area contributed by atoms with E-state index in [1.807, 2.05) is 17.2 Å². The number of benzene rings is 1. The van der Waals surface area contributed by atoms with E-state index in [1.165, 1.54) is 12.1 Å². The van der Waals surface area contributed by atoms with Crippen LogP contribution in [0.1, 0.15) is 38.4 Å². The zero-order chi connectivity index (χ0) is 15.4. The van der Waals surface area contributed by atoms with E-state index in [9.17, 15) is 9.18 Å². The summed E-state index contributed by atoms with van der Waals surface area (Å²) in [5, 5.41) is 3.38. The average Bonchev–Trinajstić information content (AvgIpc) is 2.77. The first-order valence-corrected chi connectivity index (χ1v) is 8.80. The lowest BCUT2D eigenvalue weighted by atomic mass is 10.1. The Hall–Kier alpha value is -1.07. The van der Waals surface area contributed by atoms with Crippen molar-refractivity contribution in [1.82, 2.24) is 10.2 Å². The molecule has 2 rings (SSSR count). The molecule has 3 unspecified atom stereocenters. The molecule has 21 heavy (non-hydrogen) atoms. The molecular weight excluding hydrogens is 287 g/mol. The van der Waals surface area contributed by atoms with Gasteiger partial charge in [-0.05, 0) is 37.3 Å². The van der Waals surface area contributed by atoms with Gasteiger partial charge in [0.2, 0.25) is 5.91 Å². The molecule has 1 fully saturated rings. The van der Waals surface area contributed by atoms with Crippen LogP contribution in [0.15, 0.2) is 24.3 Å². The molecule has 1 saturated heterocycles. The Morgan fingerprint density at radius 1 is 1.48 bits per heavy atom. The lowest BCUT2D eigenvalue weighted by Gasteiger charge is -2.30. The number of thioether (sulfide) groups is 1. The van der Waals surface area contributed by atoms with E-state index in [-0.39, 0.29) is 30.0 Å². The first-order chi connectivity index (χ1) is 10.1. The molecule has 0 radical (unpaired) electrons. The van der Waals surface area contributed by atoms with Crippen molar-refractivity contribution in [3.63, 3.8) is 0 Å². The second-order valence-corrected chi connectivity index (χ2v) is 6.43. The van der Waals surface area contributed by atoms with E-state index < -0.39 is 0 Å². The van der Waals surface area contributed by atoms with Crippen LogP contribution < -0.4 is 5.32 Å². The van der Waals surface area contributed by atoms with Gasteiger partial charge in [-0.25, -0.2) is 4.39 Å². The number of amides is 1. The average molecular weight is 310 g/mol. The van der Waals surface area contributed by atoms with Crippen LogP contribution in [0.3, 0.4) is 0 Å². The van der Waals surface area contributed by atoms with Crippen molar-refractivity contribution in [2.24, 2.45) is 0 Å². The van der Waals surface area contributed by atoms with E-state index in [0.717, 1.165) is 24.2 Å². The second kappa shape index (κ2) is 7.27. The Morgan fingerprint density at radius 3 is 2.86 bits per heavy atom. The summed E-state index contributed by atoms with van der Waals surface area (Å²) in [6.07, 6.45) is 3.56. The highest BCUT2D eigenvalue weighted by Gasteiger charge is 2.41. The quantitative estimate of drug-likeness (QED) is 0.876. The molecule has 1 aromatic carbocycles. The van der Waals surface area contributed by atoms with Gasteiger partial charge >= 0.3 is 0 Å². The maximum absolute atomic E-state index is 13.5. The molecule has 0 spiro atoms. The van der Waals surface area contributed by atoms with Gasteiger partial charge in [-0.1, -0.05) is 25.5 Å². The summed E-state index contributed by atoms with van der Waals surface area (Å²) in [5.74, 6) is 0.740. The van der Waals surface area contributed by atoms with Crippen LogP contribution >= 0.6 is 11.8 Å². The van der Waals surface area contributed by atoms with Gasteiger partial charge in [0.05, 0.1) is 6.04 Å². The van der Waals surface area contributed by atoms with Crippen molar-refractivity contribution in [1.29, 1.82) is 0 Å². The number of nitrogens with zero attached hydrogens (tertiary/aromatic N) is 1. The van der Waals surface area contributed by atoms with E-state index >= 15 is 0 Å². The summed E-state index contributed by atoms with van der Waals surface area (Å²) in [7, 11) is 0. The normalized spacial score (nSPS) is 23.6. The maximum Gasteiger partial charge on any atom is 0.241 e. The van der Waals surface area contributed by atoms with Gasteiger partial charge in [0, 0.05) is 11.8 Å². The number of halogens is 1. The first kappa shape index (κ1) is 16.3. The molecule has 1 N–H and O–H groups in total. The molecule has 0 bridgehead atoms. The second-order valence-electron chi connectivity index (χ2n) is 5.52. The smallest absolute Gasteiger partial charge is 0.241 e. The van der Waals surface area contributed by atoms with Crippen LogP contribution in [0.5, 0.6) is 0 Å². The Morgan fingerprint density at radius 2 is 2.24 bits per heavy atom. The number of hydrogen-bond donors (Lipinski definition) is 1. The van der Waals surface area contributed by atoms with Crippen molar-refractivity contribution in [3.8, 4) is 0 Å². The molecule has 0 saturated carbocycles. The minimum atomic E-state index is -0.266. The molecule has 116 valence electrons. The Kier molecular flexibility index (Phi) is 5.65. The number of hydrogen-bond acceptors (Lipinski definition) is 3. The topological polar surface area (TPSA) is 32.3 Å². The van der Waals surface area contributed by atoms with Crippen molar-refractivity contribution in [2.45, 2.75) is 44.9 Å². The van der Waals surface area contributed by atoms with Gasteiger partial charge in [0.15, 0.2) is 0 Å². The fraction of sp³-hybridized carbons (Fsp3) is 0.562. The fourth-order valence-corrected chi connectivity index (χ4v) is 3.51. The van der Waals surface area contributed by atoms with Gasteiger partial charge < -0.3 is 4.90 Å². The van der Waals surface area contributed by atoms with Crippen LogP contribution in [0.2, 0.25) is 0 Å². The van der Waals surface area contributed by atoms with Crippen molar-refractivity contribution < 1.29 is 9.18 Å². The highest BCUT2D eigenvalue weighted by Crippen LogP contribution is 2.30. The maximum atomic E-state index is 13.5. The zero-order valence-corrected chi connectivity index (χ0v) is 13.6. The van der Waals surface area contributed by atoms with Crippen molar-refractivity contribution in [2.75, 3.05) is 12.0 Å². The van der Waals surface area contributed by atoms with E-state index in [4.69, 9.17) is 0 Å². The molecule has 1 aliphatic rings. The molecule has 1 aromatic rings. The fourth-order valence-electron chi connectivity index (χ4n) is 2.87. The molecular formula is C16H23FN2OS. The SMILES string of the molecule is CCCC1NC(c2cccc(F)c2)N(C(C)CSC)C1=O. The standard InChI is InChI=1S/C16H23FN2OS/c1-4-6-14-16(20)19(11(2)10-21-3)15(18-14)12-7-5-8-13(17)9-12/h5,7-9,11,14-15,18H,4,6,10H2,1-3H3. The summed E-state index contributed by atoms with van der Waals surface area (Å²) in [5.41, 5.74) is 0.815. The van der Waals surface area contributed by atoms with Crippen LogP contribution in [-0.2, 0) is 4.79 Å². The summed E-state index contributed by atoms with van der Waals surface area (Å²) >= 11 is 1.72. The molecule has 0 aromatic heterocycles. The predicted molar refractivity (Wildman–Crippen MR) is 85.7 cm³/mol. The highest BCUT2D eigenvalue weighted by molar-refractivity contribution is 7.98. The van der Waals surface area contributed by atoms with Gasteiger partial charge in [0.25, 0.3) is 0 Å². The predicted octanol–water partition coefficient (Wildman–Crippen LogP) is 3.18. The molecule has 3 atom stereocenters. The van der Waals surface area contributed by atoms with Crippen LogP contribution in [0, 0.1) is 5.82 Å². The molecule has 5 heteroatoms. The van der Waals surface area contributed by atoms with Crippen LogP contribution in [0.25, 0.3) is 0 Å². The van der Waals surface area contributed by atoms with Gasteiger partial charge in [-0.15, -0.1) is 0 Å². The van der Waals surface area contributed by atoms with E-state index in [1.54, 1.807) is 17.8 Å². The lowest BCUT2D eigenvalue weighted by Crippen LogP contribution is -2.39. The molecule has 1 heterocycles. The minimum Gasteiger partial charge on any atom is -0.318 e. The number of carbonyl (C=O) groups excluding carboxylic acids is 1. The van der Waals surface area contributed by atoms with Gasteiger partial charge in [-0.2, -0.15) is 11.8 Å². The molecule has 1 amide bonds. The number of rotatable bonds is 6. The van der Waals surface area contributed by atoms with Gasteiger partial charge in [0.1, 0.15) is 12.0 Å².